The van der Waals surface area contributed by atoms with Gasteiger partial charge < -0.3 is 5.32 Å². The number of carbonyl (C=O) groups is 1. The van der Waals surface area contributed by atoms with Crippen molar-refractivity contribution < 1.29 is 4.79 Å². The van der Waals surface area contributed by atoms with Crippen molar-refractivity contribution in [3.8, 4) is 11.3 Å². The Hall–Kier alpha value is -3.06. The number of hydrogen-bond donors (Lipinski definition) is 2. The predicted octanol–water partition coefficient (Wildman–Crippen LogP) is 4.39. The van der Waals surface area contributed by atoms with E-state index in [1.807, 2.05) is 19.9 Å². The third kappa shape index (κ3) is 3.43. The Morgan fingerprint density at radius 2 is 1.87 bits per heavy atom. The molecule has 0 bridgehead atoms. The Labute approximate surface area is 185 Å². The van der Waals surface area contributed by atoms with Crippen LogP contribution in [0.4, 0.5) is 0 Å². The number of amides is 1. The molecule has 2 atom stereocenters. The number of aryl methyl sites for hydroxylation is 1. The van der Waals surface area contributed by atoms with E-state index in [4.69, 9.17) is 5.41 Å². The zero-order valence-electron chi connectivity index (χ0n) is 17.8. The molecule has 1 saturated carbocycles. The van der Waals surface area contributed by atoms with E-state index in [2.05, 4.69) is 51.0 Å². The maximum Gasteiger partial charge on any atom is 0.239 e. The summed E-state index contributed by atoms with van der Waals surface area (Å²) in [5, 5.41) is 13.7. The van der Waals surface area contributed by atoms with Crippen LogP contribution in [0, 0.1) is 12.3 Å². The van der Waals surface area contributed by atoms with Crippen LogP contribution in [0.3, 0.4) is 0 Å². The van der Waals surface area contributed by atoms with Crippen LogP contribution in [0.25, 0.3) is 11.3 Å². The summed E-state index contributed by atoms with van der Waals surface area (Å²) in [6.07, 6.45) is 4.07. The van der Waals surface area contributed by atoms with Crippen molar-refractivity contribution in [2.45, 2.75) is 44.1 Å². The first-order valence-electron chi connectivity index (χ1n) is 10.5. The zero-order chi connectivity index (χ0) is 21.8. The highest BCUT2D eigenvalue weighted by molar-refractivity contribution is 7.10. The maximum absolute atomic E-state index is 13.4. The largest absolute Gasteiger partial charge is 0.345 e. The molecule has 2 aromatic heterocycles. The normalized spacial score (nSPS) is 23.7. The fraction of sp³-hybridized carbons (Fsp3) is 0.333. The smallest absolute Gasteiger partial charge is 0.239 e. The van der Waals surface area contributed by atoms with Gasteiger partial charge in [-0.25, -0.2) is 9.97 Å². The number of rotatable bonds is 4. The lowest BCUT2D eigenvalue weighted by Crippen LogP contribution is -2.62. The summed E-state index contributed by atoms with van der Waals surface area (Å²) < 4.78 is 0. The molecule has 1 saturated heterocycles. The molecule has 2 N–H and O–H groups in total. The van der Waals surface area contributed by atoms with Gasteiger partial charge in [-0.3, -0.25) is 15.1 Å². The number of thiophene rings is 1. The summed E-state index contributed by atoms with van der Waals surface area (Å²) in [5.41, 5.74) is 4.35. The minimum Gasteiger partial charge on any atom is -0.345 e. The van der Waals surface area contributed by atoms with Crippen LogP contribution >= 0.6 is 11.3 Å². The first kappa shape index (κ1) is 19.9. The molecule has 158 valence electrons. The second-order valence-electron chi connectivity index (χ2n) is 8.69. The number of aromatic nitrogens is 2. The fourth-order valence-corrected chi connectivity index (χ4v) is 5.42. The monoisotopic (exact) mass is 431 g/mol. The lowest BCUT2D eigenvalue weighted by atomic mass is 9.76. The Kier molecular flexibility index (Phi) is 4.66. The molecule has 1 amide bonds. The number of guanidine groups is 1. The van der Waals surface area contributed by atoms with Gasteiger partial charge in [-0.05, 0) is 55.9 Å². The molecule has 6 nitrogen and oxygen atoms in total. The number of benzene rings is 1. The molecule has 5 rings (SSSR count). The second kappa shape index (κ2) is 7.27. The van der Waals surface area contributed by atoms with Crippen molar-refractivity contribution in [3.05, 3.63) is 69.8 Å². The average Bonchev–Trinajstić information content (AvgIpc) is 3.48. The molecule has 1 aromatic carbocycles. The number of carbonyl (C=O) groups excluding carboxylic acids is 1. The summed E-state index contributed by atoms with van der Waals surface area (Å²) in [6, 6.07) is 12.5. The Bertz CT molecular complexity index is 1170. The van der Waals surface area contributed by atoms with E-state index in [0.717, 1.165) is 27.4 Å². The number of nitrogens with one attached hydrogen (secondary N) is 2. The van der Waals surface area contributed by atoms with E-state index in [9.17, 15) is 4.79 Å². The molecular formula is C24H25N5OS. The average molecular weight is 432 g/mol. The van der Waals surface area contributed by atoms with Gasteiger partial charge in [-0.2, -0.15) is 0 Å². The number of nitrogens with zero attached hydrogens (tertiary/aromatic N) is 3. The molecule has 3 aromatic rings. The topological polar surface area (TPSA) is 82.0 Å². The zero-order valence-corrected chi connectivity index (χ0v) is 18.7. The summed E-state index contributed by atoms with van der Waals surface area (Å²) in [6.45, 7) is 3.96. The summed E-state index contributed by atoms with van der Waals surface area (Å²) in [5.74, 6) is 0.288. The molecular weight excluding hydrogens is 406 g/mol. The van der Waals surface area contributed by atoms with Crippen LogP contribution in [0.15, 0.2) is 48.1 Å². The van der Waals surface area contributed by atoms with Crippen molar-refractivity contribution in [2.75, 3.05) is 7.05 Å². The van der Waals surface area contributed by atoms with Crippen LogP contribution in [0.2, 0.25) is 0 Å². The molecule has 2 aliphatic rings. The molecule has 1 aliphatic carbocycles. The highest BCUT2D eigenvalue weighted by Gasteiger charge is 2.49. The van der Waals surface area contributed by atoms with Crippen molar-refractivity contribution in [3.63, 3.8) is 0 Å². The van der Waals surface area contributed by atoms with Gasteiger partial charge in [0.15, 0.2) is 5.96 Å². The first-order chi connectivity index (χ1) is 14.9. The van der Waals surface area contributed by atoms with E-state index in [-0.39, 0.29) is 11.9 Å². The quantitative estimate of drug-likeness (QED) is 0.642. The van der Waals surface area contributed by atoms with Gasteiger partial charge in [0.05, 0.1) is 17.2 Å². The van der Waals surface area contributed by atoms with E-state index < -0.39 is 11.5 Å². The van der Waals surface area contributed by atoms with E-state index in [1.54, 1.807) is 24.7 Å². The lowest BCUT2D eigenvalue weighted by Gasteiger charge is -2.45. The van der Waals surface area contributed by atoms with Gasteiger partial charge in [0.25, 0.3) is 0 Å². The van der Waals surface area contributed by atoms with Gasteiger partial charge in [-0.15, -0.1) is 11.3 Å². The Morgan fingerprint density at radius 3 is 2.55 bits per heavy atom. The van der Waals surface area contributed by atoms with Gasteiger partial charge in [0, 0.05) is 28.6 Å². The van der Waals surface area contributed by atoms with Crippen LogP contribution in [0.5, 0.6) is 0 Å². The Balaban J connectivity index is 1.56. The van der Waals surface area contributed by atoms with Crippen LogP contribution in [-0.2, 0) is 10.3 Å². The molecule has 31 heavy (non-hydrogen) atoms. The fourth-order valence-electron chi connectivity index (χ4n) is 4.37. The molecule has 0 radical (unpaired) electrons. The van der Waals surface area contributed by atoms with E-state index in [0.29, 0.717) is 5.92 Å². The van der Waals surface area contributed by atoms with Gasteiger partial charge in [0.2, 0.25) is 5.91 Å². The maximum atomic E-state index is 13.4. The van der Waals surface area contributed by atoms with Crippen LogP contribution in [0.1, 0.15) is 53.3 Å². The van der Waals surface area contributed by atoms with Gasteiger partial charge in [-0.1, -0.05) is 24.3 Å². The summed E-state index contributed by atoms with van der Waals surface area (Å²) in [7, 11) is 1.66. The van der Waals surface area contributed by atoms with E-state index >= 15 is 0 Å². The van der Waals surface area contributed by atoms with Crippen molar-refractivity contribution >= 4 is 23.2 Å². The van der Waals surface area contributed by atoms with Crippen molar-refractivity contribution in [1.29, 1.82) is 5.41 Å². The molecule has 7 heteroatoms. The highest BCUT2D eigenvalue weighted by Crippen LogP contribution is 2.45. The second-order valence-corrected chi connectivity index (χ2v) is 9.60. The first-order valence-corrected chi connectivity index (χ1v) is 11.4. The van der Waals surface area contributed by atoms with Gasteiger partial charge >= 0.3 is 0 Å². The molecule has 3 heterocycles. The van der Waals surface area contributed by atoms with E-state index in [1.165, 1.54) is 23.3 Å². The Morgan fingerprint density at radius 1 is 1.16 bits per heavy atom. The number of likely N-dealkylation sites (N-methyl/N-ethyl adjacent to an activating group) is 1. The summed E-state index contributed by atoms with van der Waals surface area (Å²) in [4.78, 5) is 24.4. The van der Waals surface area contributed by atoms with Crippen LogP contribution < -0.4 is 5.32 Å². The van der Waals surface area contributed by atoms with Gasteiger partial charge in [0.1, 0.15) is 6.33 Å². The van der Waals surface area contributed by atoms with Crippen molar-refractivity contribution in [2.24, 2.45) is 0 Å². The lowest BCUT2D eigenvalue weighted by molar-refractivity contribution is -0.131. The standard InChI is InChI=1S/C24H25N5OS/c1-14-10-19(27-13-26-14)18-11-20(31-12-18)24(2)21(22(30)29(3)23(25)28-24)17-8-6-16(7-9-17)15-4-5-15/h6-13,15,21H,4-5H2,1-3H3,(H2,25,28)/t21-,24+/m0/s1. The summed E-state index contributed by atoms with van der Waals surface area (Å²) >= 11 is 1.59. The molecule has 0 spiro atoms. The minimum atomic E-state index is -0.729. The predicted molar refractivity (Wildman–Crippen MR) is 122 cm³/mol. The minimum absolute atomic E-state index is 0.0711. The SMILES string of the molecule is Cc1cc(-c2csc([C@@]3(C)NC(=N)N(C)C(=O)[C@@H]3c3ccc(C4CC4)cc3)c2)ncn1. The molecule has 2 fully saturated rings. The third-order valence-corrected chi connectivity index (χ3v) is 7.57. The third-order valence-electron chi connectivity index (χ3n) is 6.40. The molecule has 0 unspecified atom stereocenters. The molecule has 1 aliphatic heterocycles. The van der Waals surface area contributed by atoms with Crippen LogP contribution in [-0.4, -0.2) is 33.8 Å². The van der Waals surface area contributed by atoms with Crippen molar-refractivity contribution in [1.82, 2.24) is 20.2 Å². The number of hydrogen-bond acceptors (Lipinski definition) is 5. The highest BCUT2D eigenvalue weighted by atomic mass is 32.1.